The second kappa shape index (κ2) is 9.05. The molecule has 0 aliphatic heterocycles. The van der Waals surface area contributed by atoms with Gasteiger partial charge in [-0.25, -0.2) is 9.37 Å². The summed E-state index contributed by atoms with van der Waals surface area (Å²) < 4.78 is 55.0. The highest BCUT2D eigenvalue weighted by molar-refractivity contribution is 5.77. The molecule has 0 radical (unpaired) electrons. The smallest absolute Gasteiger partial charge is 0.352 e. The third kappa shape index (κ3) is 5.05. The molecule has 170 valence electrons. The molecule has 4 aromatic rings. The van der Waals surface area contributed by atoms with E-state index in [1.165, 1.54) is 18.2 Å². The number of nitrogens with zero attached hydrogens (tertiary/aromatic N) is 2. The molecule has 0 aliphatic carbocycles. The van der Waals surface area contributed by atoms with Crippen molar-refractivity contribution in [3.8, 4) is 0 Å². The van der Waals surface area contributed by atoms with E-state index in [-0.39, 0.29) is 24.7 Å². The number of benzene rings is 2. The highest BCUT2D eigenvalue weighted by atomic mass is 19.4. The van der Waals surface area contributed by atoms with Crippen molar-refractivity contribution in [3.63, 3.8) is 0 Å². The Morgan fingerprint density at radius 2 is 1.79 bits per heavy atom. The largest absolute Gasteiger partial charge is 0.416 e. The van der Waals surface area contributed by atoms with Crippen molar-refractivity contribution in [2.24, 2.45) is 0 Å². The van der Waals surface area contributed by atoms with Crippen LogP contribution < -0.4 is 5.32 Å². The van der Waals surface area contributed by atoms with Crippen LogP contribution in [0.2, 0.25) is 0 Å². The summed E-state index contributed by atoms with van der Waals surface area (Å²) in [6.07, 6.45) is -2.98. The molecule has 1 amide bonds. The molecule has 0 saturated carbocycles. The second-order valence-electron chi connectivity index (χ2n) is 7.83. The van der Waals surface area contributed by atoms with Crippen molar-refractivity contribution in [1.29, 1.82) is 0 Å². The topological polar surface area (TPSA) is 46.4 Å². The van der Waals surface area contributed by atoms with Crippen molar-refractivity contribution >= 4 is 11.6 Å². The van der Waals surface area contributed by atoms with Gasteiger partial charge in [0.15, 0.2) is 0 Å². The first-order chi connectivity index (χ1) is 15.7. The molecule has 1 atom stereocenters. The van der Waals surface area contributed by atoms with Crippen LogP contribution in [0.1, 0.15) is 40.4 Å². The van der Waals surface area contributed by atoms with Crippen LogP contribution in [0.25, 0.3) is 5.65 Å². The summed E-state index contributed by atoms with van der Waals surface area (Å²) in [6.45, 7) is 2.05. The number of amides is 1. The summed E-state index contributed by atoms with van der Waals surface area (Å²) in [6, 6.07) is 16.3. The van der Waals surface area contributed by atoms with Gasteiger partial charge in [0, 0.05) is 30.8 Å². The number of pyridine rings is 1. The van der Waals surface area contributed by atoms with E-state index in [4.69, 9.17) is 0 Å². The van der Waals surface area contributed by atoms with Crippen LogP contribution in [0.4, 0.5) is 17.6 Å². The minimum absolute atomic E-state index is 0.0787. The van der Waals surface area contributed by atoms with Crippen LogP contribution in [0.3, 0.4) is 0 Å². The number of nitrogens with one attached hydrogen (secondary N) is 1. The number of carbonyl (C=O) groups excluding carboxylic acids is 1. The number of alkyl halides is 3. The Morgan fingerprint density at radius 3 is 2.52 bits per heavy atom. The lowest BCUT2D eigenvalue weighted by Gasteiger charge is -2.19. The number of aromatic nitrogens is 2. The molecular weight excluding hydrogens is 434 g/mol. The van der Waals surface area contributed by atoms with E-state index in [0.717, 1.165) is 17.8 Å². The average molecular weight is 455 g/mol. The van der Waals surface area contributed by atoms with E-state index in [1.54, 1.807) is 30.5 Å². The average Bonchev–Trinajstić information content (AvgIpc) is 3.22. The first-order valence-corrected chi connectivity index (χ1v) is 10.3. The van der Waals surface area contributed by atoms with Crippen molar-refractivity contribution < 1.29 is 22.4 Å². The fourth-order valence-corrected chi connectivity index (χ4v) is 3.86. The predicted octanol–water partition coefficient (Wildman–Crippen LogP) is 5.64. The molecule has 8 heteroatoms. The quantitative estimate of drug-likeness (QED) is 0.383. The SMILES string of the molecule is Cc1cccc2ncc(C(CC(=O)NCc3ccc(F)cc3)c3cccc(C(F)(F)F)c3)n12. The van der Waals surface area contributed by atoms with E-state index in [9.17, 15) is 22.4 Å². The van der Waals surface area contributed by atoms with Gasteiger partial charge in [-0.15, -0.1) is 0 Å². The van der Waals surface area contributed by atoms with Gasteiger partial charge in [0.2, 0.25) is 5.91 Å². The number of carbonyl (C=O) groups is 1. The third-order valence-corrected chi connectivity index (χ3v) is 5.52. The molecule has 0 saturated heterocycles. The minimum Gasteiger partial charge on any atom is -0.352 e. The van der Waals surface area contributed by atoms with Crippen molar-refractivity contribution in [3.05, 3.63) is 107 Å². The van der Waals surface area contributed by atoms with Crippen molar-refractivity contribution in [1.82, 2.24) is 14.7 Å². The molecule has 0 aliphatic rings. The van der Waals surface area contributed by atoms with Crippen LogP contribution in [-0.2, 0) is 17.5 Å². The van der Waals surface area contributed by atoms with Gasteiger partial charge in [0.05, 0.1) is 11.3 Å². The molecular formula is C25H21F4N3O. The molecule has 4 rings (SSSR count). The molecule has 33 heavy (non-hydrogen) atoms. The highest BCUT2D eigenvalue weighted by Crippen LogP contribution is 2.35. The number of fused-ring (bicyclic) bond motifs is 1. The highest BCUT2D eigenvalue weighted by Gasteiger charge is 2.32. The van der Waals surface area contributed by atoms with Crippen molar-refractivity contribution in [2.75, 3.05) is 0 Å². The van der Waals surface area contributed by atoms with Gasteiger partial charge in [-0.05, 0) is 48.4 Å². The van der Waals surface area contributed by atoms with E-state index >= 15 is 0 Å². The summed E-state index contributed by atoms with van der Waals surface area (Å²) in [5.41, 5.74) is 2.43. The van der Waals surface area contributed by atoms with Gasteiger partial charge >= 0.3 is 6.18 Å². The number of halogens is 4. The van der Waals surface area contributed by atoms with Crippen LogP contribution >= 0.6 is 0 Å². The molecule has 1 unspecified atom stereocenters. The van der Waals surface area contributed by atoms with Crippen LogP contribution in [0.15, 0.2) is 72.9 Å². The maximum atomic E-state index is 13.4. The monoisotopic (exact) mass is 455 g/mol. The van der Waals surface area contributed by atoms with Gasteiger partial charge in [-0.3, -0.25) is 4.79 Å². The Bertz CT molecular complexity index is 1280. The zero-order chi connectivity index (χ0) is 23.6. The van der Waals surface area contributed by atoms with E-state index in [2.05, 4.69) is 10.3 Å². The molecule has 2 aromatic heterocycles. The van der Waals surface area contributed by atoms with E-state index < -0.39 is 17.7 Å². The van der Waals surface area contributed by atoms with Gasteiger partial charge in [-0.2, -0.15) is 13.2 Å². The van der Waals surface area contributed by atoms with Gasteiger partial charge < -0.3 is 9.72 Å². The Kier molecular flexibility index (Phi) is 6.18. The van der Waals surface area contributed by atoms with Gasteiger partial charge in [0.25, 0.3) is 0 Å². The molecule has 2 aromatic carbocycles. The Hall–Kier alpha value is -3.68. The lowest BCUT2D eigenvalue weighted by Crippen LogP contribution is -2.25. The summed E-state index contributed by atoms with van der Waals surface area (Å²) in [4.78, 5) is 17.2. The standard InChI is InChI=1S/C25H21F4N3O/c1-16-4-2-7-23-30-15-22(32(16)23)21(18-5-3-6-19(12-18)25(27,28)29)13-24(33)31-14-17-8-10-20(26)11-9-17/h2-12,15,21H,13-14H2,1H3,(H,31,33). The second-order valence-corrected chi connectivity index (χ2v) is 7.83. The zero-order valence-corrected chi connectivity index (χ0v) is 17.7. The van der Waals surface area contributed by atoms with Crippen LogP contribution in [0, 0.1) is 12.7 Å². The molecule has 1 N–H and O–H groups in total. The van der Waals surface area contributed by atoms with Crippen molar-refractivity contribution in [2.45, 2.75) is 32.0 Å². The Labute approximate surface area is 187 Å². The predicted molar refractivity (Wildman–Crippen MR) is 116 cm³/mol. The lowest BCUT2D eigenvalue weighted by molar-refractivity contribution is -0.137. The zero-order valence-electron chi connectivity index (χ0n) is 17.7. The maximum absolute atomic E-state index is 13.4. The number of hydrogen-bond acceptors (Lipinski definition) is 2. The Balaban J connectivity index is 1.67. The molecule has 2 heterocycles. The fourth-order valence-electron chi connectivity index (χ4n) is 3.86. The molecule has 0 spiro atoms. The summed E-state index contributed by atoms with van der Waals surface area (Å²) in [5.74, 6) is -1.38. The summed E-state index contributed by atoms with van der Waals surface area (Å²) in [7, 11) is 0. The van der Waals surface area contributed by atoms with Gasteiger partial charge in [0.1, 0.15) is 11.5 Å². The van der Waals surface area contributed by atoms with E-state index in [0.29, 0.717) is 22.5 Å². The van der Waals surface area contributed by atoms with Gasteiger partial charge in [-0.1, -0.05) is 36.4 Å². The minimum atomic E-state index is -4.50. The molecule has 4 nitrogen and oxygen atoms in total. The first-order valence-electron chi connectivity index (χ1n) is 10.3. The summed E-state index contributed by atoms with van der Waals surface area (Å²) in [5, 5.41) is 2.77. The first kappa shape index (κ1) is 22.5. The Morgan fingerprint density at radius 1 is 1.06 bits per heavy atom. The normalized spacial score (nSPS) is 12.6. The number of hydrogen-bond donors (Lipinski definition) is 1. The molecule has 0 bridgehead atoms. The molecule has 0 fully saturated rings. The number of imidazole rings is 1. The fraction of sp³-hybridized carbons (Fsp3) is 0.200. The lowest BCUT2D eigenvalue weighted by atomic mass is 9.91. The summed E-state index contributed by atoms with van der Waals surface area (Å²) >= 11 is 0. The van der Waals surface area contributed by atoms with Crippen LogP contribution in [0.5, 0.6) is 0 Å². The third-order valence-electron chi connectivity index (χ3n) is 5.52. The van der Waals surface area contributed by atoms with E-state index in [1.807, 2.05) is 23.5 Å². The van der Waals surface area contributed by atoms with Crippen LogP contribution in [-0.4, -0.2) is 15.3 Å². The number of rotatable bonds is 6. The number of aryl methyl sites for hydroxylation is 1. The maximum Gasteiger partial charge on any atom is 0.416 e.